The van der Waals surface area contributed by atoms with Gasteiger partial charge >= 0.3 is 57.6 Å². The van der Waals surface area contributed by atoms with Crippen LogP contribution in [-0.2, 0) is 14.4 Å². The minimum absolute atomic E-state index is 0.188. The third-order valence-electron chi connectivity index (χ3n) is 5.53. The summed E-state index contributed by atoms with van der Waals surface area (Å²) in [5, 5.41) is -6.14. The van der Waals surface area contributed by atoms with Crippen LogP contribution in [-0.4, -0.2) is 61.6 Å². The van der Waals surface area contributed by atoms with E-state index in [2.05, 4.69) is 4.28 Å². The highest BCUT2D eigenvalue weighted by Gasteiger charge is 2.86. The predicted octanol–water partition coefficient (Wildman–Crippen LogP) is 8.09. The molecular formula is C21H12F17NO3S. The number of nitrogens with zero attached hydrogens (tertiary/aromatic N) is 1. The topological polar surface area (TPSA) is 55.7 Å². The highest BCUT2D eigenvalue weighted by molar-refractivity contribution is 7.87. The average molecular weight is 681 g/mol. The van der Waals surface area contributed by atoms with Crippen LogP contribution in [0, 0.1) is 0 Å². The SMILES string of the molecule is O=S(=O)(ON=C(C1=CCCC=C1c1ccccc1)C(F)(F)C(F)(F)C(F)(F)C(F)F)C(F)(F)C(F)(F)C(F)(F)C(F)(F)F. The van der Waals surface area contributed by atoms with Crippen molar-refractivity contribution in [2.45, 2.75) is 60.3 Å². The van der Waals surface area contributed by atoms with Gasteiger partial charge in [-0.3, -0.25) is 4.28 Å². The van der Waals surface area contributed by atoms with Crippen molar-refractivity contribution in [1.29, 1.82) is 0 Å². The molecule has 0 aliphatic heterocycles. The molecular weight excluding hydrogens is 669 g/mol. The van der Waals surface area contributed by atoms with Crippen LogP contribution in [0.1, 0.15) is 18.4 Å². The Bertz CT molecular complexity index is 1380. The third-order valence-corrected chi connectivity index (χ3v) is 6.69. The van der Waals surface area contributed by atoms with Crippen molar-refractivity contribution in [3.05, 3.63) is 53.6 Å². The maximum atomic E-state index is 15.0. The summed E-state index contributed by atoms with van der Waals surface area (Å²) < 4.78 is 256. The molecule has 0 atom stereocenters. The Kier molecular flexibility index (Phi) is 9.35. The monoisotopic (exact) mass is 681 g/mol. The minimum atomic E-state index is -8.15. The number of oxime groups is 1. The number of rotatable bonds is 11. The molecule has 0 saturated carbocycles. The van der Waals surface area contributed by atoms with Gasteiger partial charge in [0.2, 0.25) is 0 Å². The van der Waals surface area contributed by atoms with E-state index in [0.717, 1.165) is 30.3 Å². The molecule has 0 spiro atoms. The summed E-state index contributed by atoms with van der Waals surface area (Å²) in [7, 11) is -8.15. The Hall–Kier alpha value is -3.07. The van der Waals surface area contributed by atoms with E-state index in [0.29, 0.717) is 6.08 Å². The van der Waals surface area contributed by atoms with Crippen LogP contribution >= 0.6 is 0 Å². The van der Waals surface area contributed by atoms with Gasteiger partial charge in [0.25, 0.3) is 0 Å². The van der Waals surface area contributed by atoms with Gasteiger partial charge in [-0.1, -0.05) is 47.6 Å². The Morgan fingerprint density at radius 2 is 1.21 bits per heavy atom. The van der Waals surface area contributed by atoms with Crippen LogP contribution < -0.4 is 0 Å². The van der Waals surface area contributed by atoms with Gasteiger partial charge in [-0.25, -0.2) is 8.78 Å². The molecule has 1 aliphatic rings. The molecule has 22 heteroatoms. The molecule has 0 amide bonds. The number of allylic oxidation sites excluding steroid dienone is 4. The van der Waals surface area contributed by atoms with Gasteiger partial charge in [-0.15, -0.1) is 0 Å². The Morgan fingerprint density at radius 3 is 1.67 bits per heavy atom. The molecule has 0 heterocycles. The lowest BCUT2D eigenvalue weighted by Gasteiger charge is -2.34. The maximum absolute atomic E-state index is 15.0. The number of benzene rings is 1. The molecule has 0 aromatic heterocycles. The zero-order valence-electron chi connectivity index (χ0n) is 20.0. The van der Waals surface area contributed by atoms with Crippen LogP contribution in [0.5, 0.6) is 0 Å². The summed E-state index contributed by atoms with van der Waals surface area (Å²) in [5.74, 6) is -37.1. The smallest absolute Gasteiger partial charge is 0.263 e. The first kappa shape index (κ1) is 36.1. The van der Waals surface area contributed by atoms with Gasteiger partial charge < -0.3 is 0 Å². The second-order valence-electron chi connectivity index (χ2n) is 8.38. The molecule has 2 rings (SSSR count). The van der Waals surface area contributed by atoms with Crippen molar-refractivity contribution in [2.75, 3.05) is 0 Å². The van der Waals surface area contributed by atoms with Gasteiger partial charge in [-0.2, -0.15) is 74.3 Å². The minimum Gasteiger partial charge on any atom is -0.263 e. The largest absolute Gasteiger partial charge is 0.460 e. The summed E-state index contributed by atoms with van der Waals surface area (Å²) >= 11 is 0. The zero-order valence-corrected chi connectivity index (χ0v) is 20.9. The second-order valence-corrected chi connectivity index (χ2v) is 9.95. The molecule has 0 radical (unpaired) electrons. The van der Waals surface area contributed by atoms with E-state index >= 15 is 8.78 Å². The predicted molar refractivity (Wildman–Crippen MR) is 111 cm³/mol. The molecule has 0 unspecified atom stereocenters. The number of halogens is 17. The van der Waals surface area contributed by atoms with Gasteiger partial charge in [0.05, 0.1) is 0 Å². The van der Waals surface area contributed by atoms with Gasteiger partial charge in [0.15, 0.2) is 5.71 Å². The molecule has 1 aromatic carbocycles. The van der Waals surface area contributed by atoms with E-state index in [1.54, 1.807) is 5.16 Å². The van der Waals surface area contributed by atoms with Crippen LogP contribution in [0.25, 0.3) is 5.57 Å². The van der Waals surface area contributed by atoms with E-state index in [1.807, 2.05) is 0 Å². The van der Waals surface area contributed by atoms with Crippen molar-refractivity contribution >= 4 is 21.4 Å². The Morgan fingerprint density at radius 1 is 0.721 bits per heavy atom. The summed E-state index contributed by atoms with van der Waals surface area (Å²) in [6.45, 7) is 0. The van der Waals surface area contributed by atoms with Crippen LogP contribution in [0.2, 0.25) is 0 Å². The van der Waals surface area contributed by atoms with Crippen LogP contribution in [0.15, 0.2) is 53.2 Å². The van der Waals surface area contributed by atoms with Crippen molar-refractivity contribution < 1.29 is 87.3 Å². The number of alkyl halides is 17. The van der Waals surface area contributed by atoms with Crippen molar-refractivity contribution in [1.82, 2.24) is 0 Å². The summed E-state index contributed by atoms with van der Waals surface area (Å²) in [4.78, 5) is 0. The van der Waals surface area contributed by atoms with Gasteiger partial charge in [0.1, 0.15) is 0 Å². The number of hydrogen-bond acceptors (Lipinski definition) is 4. The quantitative estimate of drug-likeness (QED) is 0.135. The fraction of sp³-hybridized carbons (Fsp3) is 0.476. The van der Waals surface area contributed by atoms with Crippen LogP contribution in [0.4, 0.5) is 74.6 Å². The molecule has 1 aromatic rings. The van der Waals surface area contributed by atoms with E-state index < -0.39 is 80.9 Å². The van der Waals surface area contributed by atoms with E-state index in [4.69, 9.17) is 0 Å². The third kappa shape index (κ3) is 5.77. The lowest BCUT2D eigenvalue weighted by molar-refractivity contribution is -0.382. The molecule has 244 valence electrons. The van der Waals surface area contributed by atoms with E-state index in [9.17, 15) is 74.3 Å². The lowest BCUT2D eigenvalue weighted by Crippen LogP contribution is -2.63. The first-order valence-electron chi connectivity index (χ1n) is 10.7. The highest BCUT2D eigenvalue weighted by Crippen LogP contribution is 2.55. The first-order chi connectivity index (χ1) is 19.1. The Balaban J connectivity index is 2.84. The van der Waals surface area contributed by atoms with Gasteiger partial charge in [-0.05, 0) is 24.0 Å². The lowest BCUT2D eigenvalue weighted by atomic mass is 9.85. The van der Waals surface area contributed by atoms with E-state index in [-0.39, 0.29) is 12.0 Å². The normalized spacial score (nSPS) is 17.1. The van der Waals surface area contributed by atoms with Crippen molar-refractivity contribution in [3.63, 3.8) is 0 Å². The van der Waals surface area contributed by atoms with E-state index in [1.165, 1.54) is 6.07 Å². The molecule has 0 saturated heterocycles. The summed E-state index contributed by atoms with van der Waals surface area (Å²) in [6.07, 6.45) is -12.7. The molecule has 4 nitrogen and oxygen atoms in total. The molecule has 1 aliphatic carbocycles. The molecule has 0 fully saturated rings. The second kappa shape index (κ2) is 11.1. The average Bonchev–Trinajstić information content (AvgIpc) is 2.88. The fourth-order valence-electron chi connectivity index (χ4n) is 3.21. The first-order valence-corrected chi connectivity index (χ1v) is 12.1. The van der Waals surface area contributed by atoms with Crippen molar-refractivity contribution in [2.24, 2.45) is 5.16 Å². The molecule has 0 N–H and O–H groups in total. The van der Waals surface area contributed by atoms with Crippen molar-refractivity contribution in [3.8, 4) is 0 Å². The number of hydrogen-bond donors (Lipinski definition) is 0. The summed E-state index contributed by atoms with van der Waals surface area (Å²) in [5.41, 5.74) is -5.91. The maximum Gasteiger partial charge on any atom is 0.460 e. The zero-order chi connectivity index (χ0) is 33.7. The summed E-state index contributed by atoms with van der Waals surface area (Å²) in [6, 6.07) is 5.55. The molecule has 0 bridgehead atoms. The molecule has 43 heavy (non-hydrogen) atoms. The highest BCUT2D eigenvalue weighted by atomic mass is 32.2. The van der Waals surface area contributed by atoms with Gasteiger partial charge in [0, 0.05) is 5.57 Å². The Labute approximate surface area is 228 Å². The van der Waals surface area contributed by atoms with Crippen LogP contribution in [0.3, 0.4) is 0 Å². The fourth-order valence-corrected chi connectivity index (χ4v) is 3.92. The standard InChI is InChI=1S/C21H12F17NO3S/c22-14(23)16(26,27)17(28,29)15(24,25)13(12-9-5-4-8-11(12)10-6-2-1-3-7-10)39-42-43(40,41)21(37,38)19(32,33)18(30,31)20(34,35)36/h1-3,6-9,14H,4-5H2.